The maximum atomic E-state index is 13.9. The highest BCUT2D eigenvalue weighted by molar-refractivity contribution is 7.89. The minimum Gasteiger partial charge on any atom is -0.444 e. The van der Waals surface area contributed by atoms with Gasteiger partial charge >= 0.3 is 0 Å². The fourth-order valence-corrected chi connectivity index (χ4v) is 5.19. The van der Waals surface area contributed by atoms with E-state index >= 15 is 0 Å². The molecule has 0 saturated carbocycles. The fourth-order valence-electron chi connectivity index (χ4n) is 3.04. The van der Waals surface area contributed by atoms with Gasteiger partial charge in [0.05, 0.1) is 10.6 Å². The van der Waals surface area contributed by atoms with Crippen LogP contribution in [0.1, 0.15) is 5.69 Å². The van der Waals surface area contributed by atoms with Crippen molar-refractivity contribution in [2.24, 2.45) is 0 Å². The first-order valence-electron chi connectivity index (χ1n) is 8.49. The highest BCUT2D eigenvalue weighted by atomic mass is 32.2. The van der Waals surface area contributed by atoms with Gasteiger partial charge in [-0.1, -0.05) is 18.2 Å². The molecule has 0 amide bonds. The molecule has 1 saturated heterocycles. The number of halogens is 1. The molecule has 1 aromatic carbocycles. The molecule has 3 heterocycles. The smallest absolute Gasteiger partial charge is 0.246 e. The van der Waals surface area contributed by atoms with Crippen molar-refractivity contribution in [1.29, 1.82) is 0 Å². The van der Waals surface area contributed by atoms with Gasteiger partial charge in [-0.05, 0) is 23.6 Å². The molecule has 0 radical (unpaired) electrons. The summed E-state index contributed by atoms with van der Waals surface area (Å²) < 4.78 is 46.0. The van der Waals surface area contributed by atoms with E-state index in [1.807, 2.05) is 17.5 Å². The second-order valence-electron chi connectivity index (χ2n) is 6.23. The van der Waals surface area contributed by atoms with Crippen molar-refractivity contribution in [3.05, 3.63) is 59.6 Å². The van der Waals surface area contributed by atoms with Crippen LogP contribution in [0, 0.1) is 5.82 Å². The van der Waals surface area contributed by atoms with Crippen molar-refractivity contribution >= 4 is 21.4 Å². The van der Waals surface area contributed by atoms with Gasteiger partial charge in [-0.3, -0.25) is 4.90 Å². The first-order valence-corrected chi connectivity index (χ1v) is 10.8. The molecule has 1 aliphatic rings. The van der Waals surface area contributed by atoms with E-state index in [1.165, 1.54) is 28.6 Å². The molecular formula is C18H18FN3O3S2. The number of piperazine rings is 1. The summed E-state index contributed by atoms with van der Waals surface area (Å²) in [6, 6.07) is 9.37. The third-order valence-corrected chi connectivity index (χ3v) is 7.24. The van der Waals surface area contributed by atoms with Crippen LogP contribution in [-0.4, -0.2) is 48.8 Å². The average molecular weight is 407 g/mol. The van der Waals surface area contributed by atoms with Gasteiger partial charge in [0, 0.05) is 32.7 Å². The van der Waals surface area contributed by atoms with Crippen LogP contribution in [0.5, 0.6) is 0 Å². The Balaban J connectivity index is 1.39. The molecule has 0 N–H and O–H groups in total. The summed E-state index contributed by atoms with van der Waals surface area (Å²) in [5.74, 6) is -0.121. The van der Waals surface area contributed by atoms with Crippen molar-refractivity contribution < 1.29 is 17.2 Å². The first kappa shape index (κ1) is 18.3. The molecule has 0 atom stereocenters. The van der Waals surface area contributed by atoms with Gasteiger partial charge in [0.1, 0.15) is 17.0 Å². The van der Waals surface area contributed by atoms with Gasteiger partial charge in [-0.2, -0.15) is 4.31 Å². The minimum atomic E-state index is -3.82. The topological polar surface area (TPSA) is 66.7 Å². The van der Waals surface area contributed by atoms with Crippen LogP contribution in [0.2, 0.25) is 0 Å². The van der Waals surface area contributed by atoms with Gasteiger partial charge in [-0.25, -0.2) is 17.8 Å². The van der Waals surface area contributed by atoms with Gasteiger partial charge in [-0.15, -0.1) is 11.3 Å². The summed E-state index contributed by atoms with van der Waals surface area (Å²) in [6.45, 7) is 2.31. The number of hydrogen-bond donors (Lipinski definition) is 0. The van der Waals surface area contributed by atoms with Crippen LogP contribution in [0.15, 0.2) is 57.4 Å². The lowest BCUT2D eigenvalue weighted by Crippen LogP contribution is -2.48. The maximum absolute atomic E-state index is 13.9. The van der Waals surface area contributed by atoms with Crippen LogP contribution in [-0.2, 0) is 16.6 Å². The third kappa shape index (κ3) is 3.81. The Morgan fingerprint density at radius 3 is 2.59 bits per heavy atom. The Morgan fingerprint density at radius 2 is 1.89 bits per heavy atom. The van der Waals surface area contributed by atoms with E-state index in [4.69, 9.17) is 4.42 Å². The number of hydrogen-bond acceptors (Lipinski definition) is 6. The normalized spacial score (nSPS) is 16.6. The Kier molecular flexibility index (Phi) is 5.09. The van der Waals surface area contributed by atoms with Gasteiger partial charge < -0.3 is 4.42 Å². The number of aromatic nitrogens is 1. The first-order chi connectivity index (χ1) is 13.0. The molecule has 2 aromatic heterocycles. The number of thiophene rings is 1. The second kappa shape index (κ2) is 7.51. The van der Waals surface area contributed by atoms with Crippen LogP contribution in [0.25, 0.3) is 10.8 Å². The van der Waals surface area contributed by atoms with E-state index in [1.54, 1.807) is 17.6 Å². The summed E-state index contributed by atoms with van der Waals surface area (Å²) in [4.78, 5) is 7.32. The fraction of sp³-hybridized carbons (Fsp3) is 0.278. The van der Waals surface area contributed by atoms with E-state index in [-0.39, 0.29) is 4.90 Å². The highest BCUT2D eigenvalue weighted by Gasteiger charge is 2.30. The van der Waals surface area contributed by atoms with E-state index < -0.39 is 15.8 Å². The average Bonchev–Trinajstić information content (AvgIpc) is 3.34. The second-order valence-corrected chi connectivity index (χ2v) is 9.09. The van der Waals surface area contributed by atoms with Crippen molar-refractivity contribution in [3.8, 4) is 10.8 Å². The molecule has 6 nitrogen and oxygen atoms in total. The van der Waals surface area contributed by atoms with Crippen molar-refractivity contribution in [2.75, 3.05) is 26.2 Å². The predicted molar refractivity (Wildman–Crippen MR) is 100 cm³/mol. The minimum absolute atomic E-state index is 0.268. The van der Waals surface area contributed by atoms with Crippen LogP contribution in [0.3, 0.4) is 0 Å². The summed E-state index contributed by atoms with van der Waals surface area (Å²) in [5.41, 5.74) is 0.809. The summed E-state index contributed by atoms with van der Waals surface area (Å²) in [5, 5.41) is 1.97. The Labute approximate surface area is 160 Å². The number of nitrogens with zero attached hydrogens (tertiary/aromatic N) is 3. The highest BCUT2D eigenvalue weighted by Crippen LogP contribution is 2.25. The molecule has 0 unspecified atom stereocenters. The third-order valence-electron chi connectivity index (χ3n) is 4.46. The Morgan fingerprint density at radius 1 is 1.11 bits per heavy atom. The lowest BCUT2D eigenvalue weighted by molar-refractivity contribution is 0.179. The largest absolute Gasteiger partial charge is 0.444 e. The molecule has 0 bridgehead atoms. The van der Waals surface area contributed by atoms with E-state index in [0.717, 1.165) is 10.6 Å². The van der Waals surface area contributed by atoms with Crippen molar-refractivity contribution in [2.45, 2.75) is 11.4 Å². The predicted octanol–water partition coefficient (Wildman–Crippen LogP) is 3.05. The van der Waals surface area contributed by atoms with Crippen LogP contribution < -0.4 is 0 Å². The summed E-state index contributed by atoms with van der Waals surface area (Å²) >= 11 is 1.56. The molecule has 1 fully saturated rings. The standard InChI is InChI=1S/C18H18FN3O3S2/c19-15-4-1-2-6-17(15)27(23,24)22-9-7-21(8-10-22)12-14-13-25-18(20-14)16-5-3-11-26-16/h1-6,11,13H,7-10,12H2. The zero-order valence-corrected chi connectivity index (χ0v) is 16.0. The summed E-state index contributed by atoms with van der Waals surface area (Å²) in [7, 11) is -3.82. The molecule has 4 rings (SSSR count). The monoisotopic (exact) mass is 407 g/mol. The Bertz CT molecular complexity index is 1010. The molecule has 0 aliphatic carbocycles. The van der Waals surface area contributed by atoms with E-state index in [2.05, 4.69) is 9.88 Å². The van der Waals surface area contributed by atoms with Crippen LogP contribution in [0.4, 0.5) is 4.39 Å². The lowest BCUT2D eigenvalue weighted by Gasteiger charge is -2.33. The molecule has 3 aromatic rings. The van der Waals surface area contributed by atoms with E-state index in [0.29, 0.717) is 38.6 Å². The quantitative estimate of drug-likeness (QED) is 0.650. The van der Waals surface area contributed by atoms with Gasteiger partial charge in [0.2, 0.25) is 15.9 Å². The molecule has 1 aliphatic heterocycles. The SMILES string of the molecule is O=S(=O)(c1ccccc1F)N1CCN(Cc2coc(-c3cccs3)n2)CC1. The van der Waals surface area contributed by atoms with Crippen molar-refractivity contribution in [1.82, 2.24) is 14.2 Å². The molecule has 0 spiro atoms. The van der Waals surface area contributed by atoms with Crippen LogP contribution >= 0.6 is 11.3 Å². The lowest BCUT2D eigenvalue weighted by atomic mass is 10.3. The van der Waals surface area contributed by atoms with E-state index in [9.17, 15) is 12.8 Å². The van der Waals surface area contributed by atoms with Gasteiger partial charge in [0.25, 0.3) is 0 Å². The zero-order valence-electron chi connectivity index (χ0n) is 14.4. The molecular weight excluding hydrogens is 389 g/mol. The van der Waals surface area contributed by atoms with Gasteiger partial charge in [0.15, 0.2) is 0 Å². The maximum Gasteiger partial charge on any atom is 0.246 e. The number of rotatable bonds is 5. The number of sulfonamides is 1. The number of benzene rings is 1. The van der Waals surface area contributed by atoms with Crippen molar-refractivity contribution in [3.63, 3.8) is 0 Å². The summed E-state index contributed by atoms with van der Waals surface area (Å²) in [6.07, 6.45) is 1.64. The molecule has 27 heavy (non-hydrogen) atoms. The zero-order chi connectivity index (χ0) is 18.9. The Hall–Kier alpha value is -2.07. The molecule has 9 heteroatoms. The number of oxazole rings is 1. The molecule has 142 valence electrons.